The number of aliphatic hydroxyl groups excluding tert-OH is 1. The number of hydrogen-bond acceptors (Lipinski definition) is 7. The van der Waals surface area contributed by atoms with Crippen molar-refractivity contribution in [3.63, 3.8) is 0 Å². The third-order valence-corrected chi connectivity index (χ3v) is 5.53. The summed E-state index contributed by atoms with van der Waals surface area (Å²) >= 11 is 1.61. The minimum atomic E-state index is -0.588. The molecule has 0 aliphatic heterocycles. The highest BCUT2D eigenvalue weighted by Crippen LogP contribution is 2.22. The molecule has 2 heterocycles. The Morgan fingerprint density at radius 3 is 2.96 bits per heavy atom. The molecule has 0 saturated carbocycles. The van der Waals surface area contributed by atoms with Gasteiger partial charge in [0.25, 0.3) is 0 Å². The molecule has 7 heteroatoms. The monoisotopic (exact) mass is 394 g/mol. The Kier molecular flexibility index (Phi) is 5.87. The quantitative estimate of drug-likeness (QED) is 0.393. The summed E-state index contributed by atoms with van der Waals surface area (Å²) in [6.07, 6.45) is 4.50. The molecule has 0 saturated heterocycles. The number of oxazole rings is 1. The first-order valence-corrected chi connectivity index (χ1v) is 9.99. The molecule has 0 aliphatic rings. The highest BCUT2D eigenvalue weighted by Gasteiger charge is 2.10. The van der Waals surface area contributed by atoms with Crippen LogP contribution in [-0.4, -0.2) is 34.2 Å². The van der Waals surface area contributed by atoms with Crippen molar-refractivity contribution in [1.82, 2.24) is 20.0 Å². The van der Waals surface area contributed by atoms with Gasteiger partial charge in [0, 0.05) is 41.8 Å². The number of aromatic nitrogens is 2. The summed E-state index contributed by atoms with van der Waals surface area (Å²) in [7, 11) is 0. The molecule has 144 valence electrons. The molecule has 2 aromatic heterocycles. The van der Waals surface area contributed by atoms with Gasteiger partial charge in [-0.05, 0) is 60.2 Å². The van der Waals surface area contributed by atoms with Crippen LogP contribution in [0, 0.1) is 0 Å². The van der Waals surface area contributed by atoms with Crippen molar-refractivity contribution in [2.75, 3.05) is 13.1 Å². The smallest absolute Gasteiger partial charge is 0.181 e. The standard InChI is InChI=1S/C21H22N4O2S/c1-14(25-28-18-4-2-17-11-22-7-6-15(17)8-18)10-23-12-20(26)16-3-5-21-19(9-16)24-13-27-21/h2-9,11,13-14,20,23,25-26H,10,12H2,1H3. The Morgan fingerprint density at radius 2 is 2.04 bits per heavy atom. The molecule has 3 N–H and O–H groups in total. The van der Waals surface area contributed by atoms with Crippen molar-refractivity contribution in [3.05, 3.63) is 66.8 Å². The number of nitrogens with zero attached hydrogens (tertiary/aromatic N) is 2. The number of rotatable bonds is 8. The lowest BCUT2D eigenvalue weighted by atomic mass is 10.1. The summed E-state index contributed by atoms with van der Waals surface area (Å²) in [4.78, 5) is 9.43. The lowest BCUT2D eigenvalue weighted by Gasteiger charge is -2.16. The van der Waals surface area contributed by atoms with Gasteiger partial charge in [0.2, 0.25) is 0 Å². The van der Waals surface area contributed by atoms with E-state index in [1.807, 2.05) is 36.7 Å². The van der Waals surface area contributed by atoms with Crippen LogP contribution in [0.3, 0.4) is 0 Å². The SMILES string of the molecule is CC(CNCC(O)c1ccc2ocnc2c1)NSc1ccc2cnccc2c1. The summed E-state index contributed by atoms with van der Waals surface area (Å²) in [5, 5.41) is 16.0. The summed E-state index contributed by atoms with van der Waals surface area (Å²) < 4.78 is 8.66. The molecule has 0 spiro atoms. The molecule has 2 atom stereocenters. The van der Waals surface area contributed by atoms with Gasteiger partial charge < -0.3 is 14.8 Å². The largest absolute Gasteiger partial charge is 0.443 e. The summed E-state index contributed by atoms with van der Waals surface area (Å²) in [6.45, 7) is 3.33. The van der Waals surface area contributed by atoms with Gasteiger partial charge in [-0.15, -0.1) is 0 Å². The molecular formula is C21H22N4O2S. The van der Waals surface area contributed by atoms with Gasteiger partial charge in [0.1, 0.15) is 5.52 Å². The van der Waals surface area contributed by atoms with Crippen LogP contribution in [0.5, 0.6) is 0 Å². The molecule has 0 bridgehead atoms. The topological polar surface area (TPSA) is 83.2 Å². The average molecular weight is 395 g/mol. The maximum Gasteiger partial charge on any atom is 0.181 e. The Morgan fingerprint density at radius 1 is 1.11 bits per heavy atom. The zero-order valence-corrected chi connectivity index (χ0v) is 16.3. The maximum absolute atomic E-state index is 10.4. The predicted molar refractivity (Wildman–Crippen MR) is 112 cm³/mol. The minimum Gasteiger partial charge on any atom is -0.443 e. The molecule has 4 aromatic rings. The number of aliphatic hydroxyl groups is 1. The van der Waals surface area contributed by atoms with Crippen LogP contribution in [0.2, 0.25) is 0 Å². The highest BCUT2D eigenvalue weighted by molar-refractivity contribution is 7.97. The second kappa shape index (κ2) is 8.70. The van der Waals surface area contributed by atoms with Crippen LogP contribution in [0.1, 0.15) is 18.6 Å². The number of benzene rings is 2. The summed E-state index contributed by atoms with van der Waals surface area (Å²) in [5.74, 6) is 0. The van der Waals surface area contributed by atoms with E-state index in [9.17, 15) is 5.11 Å². The van der Waals surface area contributed by atoms with E-state index in [1.54, 1.807) is 11.9 Å². The number of fused-ring (bicyclic) bond motifs is 2. The van der Waals surface area contributed by atoms with Crippen LogP contribution in [0.25, 0.3) is 21.9 Å². The van der Waals surface area contributed by atoms with Gasteiger partial charge in [-0.1, -0.05) is 12.1 Å². The number of pyridine rings is 1. The van der Waals surface area contributed by atoms with Gasteiger partial charge in [0.15, 0.2) is 12.0 Å². The van der Waals surface area contributed by atoms with Crippen LogP contribution >= 0.6 is 11.9 Å². The predicted octanol–water partition coefficient (Wildman–Crippen LogP) is 3.68. The zero-order valence-electron chi connectivity index (χ0n) is 15.5. The molecule has 0 amide bonds. The Balaban J connectivity index is 1.24. The van der Waals surface area contributed by atoms with E-state index < -0.39 is 6.10 Å². The zero-order chi connectivity index (χ0) is 19.3. The summed E-state index contributed by atoms with van der Waals surface area (Å²) in [6, 6.07) is 14.1. The average Bonchev–Trinajstić information content (AvgIpc) is 3.20. The maximum atomic E-state index is 10.4. The number of nitrogens with one attached hydrogen (secondary N) is 2. The van der Waals surface area contributed by atoms with Crippen LogP contribution < -0.4 is 10.0 Å². The van der Waals surface area contributed by atoms with E-state index in [0.29, 0.717) is 6.54 Å². The first-order valence-electron chi connectivity index (χ1n) is 9.17. The molecule has 4 rings (SSSR count). The fourth-order valence-electron chi connectivity index (χ4n) is 2.97. The Labute approximate surface area is 167 Å². The minimum absolute atomic E-state index is 0.239. The van der Waals surface area contributed by atoms with E-state index in [0.717, 1.165) is 33.5 Å². The van der Waals surface area contributed by atoms with Crippen molar-refractivity contribution >= 4 is 33.8 Å². The van der Waals surface area contributed by atoms with E-state index >= 15 is 0 Å². The molecule has 0 aliphatic carbocycles. The van der Waals surface area contributed by atoms with Gasteiger partial charge >= 0.3 is 0 Å². The fourth-order valence-corrected chi connectivity index (χ4v) is 3.71. The summed E-state index contributed by atoms with van der Waals surface area (Å²) in [5.41, 5.74) is 2.31. The second-order valence-corrected chi connectivity index (χ2v) is 7.67. The van der Waals surface area contributed by atoms with E-state index in [1.165, 1.54) is 11.8 Å². The molecule has 2 aromatic carbocycles. The second-order valence-electron chi connectivity index (χ2n) is 6.76. The van der Waals surface area contributed by atoms with Crippen LogP contribution in [-0.2, 0) is 0 Å². The first kappa shape index (κ1) is 18.9. The van der Waals surface area contributed by atoms with E-state index in [-0.39, 0.29) is 6.04 Å². The lowest BCUT2D eigenvalue weighted by molar-refractivity contribution is 0.174. The third-order valence-electron chi connectivity index (χ3n) is 4.52. The van der Waals surface area contributed by atoms with Crippen molar-refractivity contribution in [2.45, 2.75) is 24.0 Å². The molecule has 6 nitrogen and oxygen atoms in total. The first-order chi connectivity index (χ1) is 13.7. The molecule has 0 fully saturated rings. The molecular weight excluding hydrogens is 372 g/mol. The van der Waals surface area contributed by atoms with Crippen molar-refractivity contribution < 1.29 is 9.52 Å². The van der Waals surface area contributed by atoms with Crippen molar-refractivity contribution in [1.29, 1.82) is 0 Å². The third kappa shape index (κ3) is 4.51. The normalized spacial score (nSPS) is 13.8. The molecule has 28 heavy (non-hydrogen) atoms. The van der Waals surface area contributed by atoms with E-state index in [2.05, 4.69) is 45.1 Å². The van der Waals surface area contributed by atoms with Gasteiger partial charge in [-0.3, -0.25) is 9.71 Å². The lowest BCUT2D eigenvalue weighted by Crippen LogP contribution is -2.34. The van der Waals surface area contributed by atoms with Crippen molar-refractivity contribution in [3.8, 4) is 0 Å². The van der Waals surface area contributed by atoms with Crippen LogP contribution in [0.4, 0.5) is 0 Å². The Hall–Kier alpha value is -2.45. The van der Waals surface area contributed by atoms with Gasteiger partial charge in [0.05, 0.1) is 6.10 Å². The van der Waals surface area contributed by atoms with E-state index in [4.69, 9.17) is 4.42 Å². The van der Waals surface area contributed by atoms with Gasteiger partial charge in [-0.25, -0.2) is 4.98 Å². The molecule has 0 radical (unpaired) electrons. The number of hydrogen-bond donors (Lipinski definition) is 3. The van der Waals surface area contributed by atoms with Crippen LogP contribution in [0.15, 0.2) is 70.6 Å². The van der Waals surface area contributed by atoms with Gasteiger partial charge in [-0.2, -0.15) is 0 Å². The Bertz CT molecular complexity index is 1070. The fraction of sp³-hybridized carbons (Fsp3) is 0.238. The molecule has 2 unspecified atom stereocenters. The van der Waals surface area contributed by atoms with Crippen molar-refractivity contribution in [2.24, 2.45) is 0 Å². The highest BCUT2D eigenvalue weighted by atomic mass is 32.2.